The molecule has 2 aliphatic heterocycles. The molecular weight excluding hydrogens is 484 g/mol. The van der Waals surface area contributed by atoms with Crippen LogP contribution in [0.3, 0.4) is 0 Å². The molecular formula is C23H22BrClN2O4. The Balaban J connectivity index is 1.72. The molecule has 2 aromatic rings. The lowest BCUT2D eigenvalue weighted by atomic mass is 9.95. The molecule has 1 N–H and O–H groups in total. The van der Waals surface area contributed by atoms with Crippen molar-refractivity contribution < 1.29 is 24.3 Å². The molecule has 2 aromatic carbocycles. The summed E-state index contributed by atoms with van der Waals surface area (Å²) in [4.78, 5) is 28.8. The predicted octanol–water partition coefficient (Wildman–Crippen LogP) is 1.24. The zero-order chi connectivity index (χ0) is 22.0. The normalized spacial score (nSPS) is 21.6. The van der Waals surface area contributed by atoms with Crippen molar-refractivity contribution >= 4 is 45.0 Å². The smallest absolute Gasteiger partial charge is 0.295 e. The van der Waals surface area contributed by atoms with Crippen LogP contribution in [0.5, 0.6) is 0 Å². The van der Waals surface area contributed by atoms with Crippen LogP contribution >= 0.6 is 27.5 Å². The summed E-state index contributed by atoms with van der Waals surface area (Å²) in [6.45, 7) is 4.17. The molecule has 0 aromatic heterocycles. The molecule has 8 heteroatoms. The lowest BCUT2D eigenvalue weighted by Gasteiger charge is -2.30. The molecule has 2 fully saturated rings. The Labute approximate surface area is 194 Å². The first-order valence-electron chi connectivity index (χ1n) is 10.1. The van der Waals surface area contributed by atoms with E-state index in [9.17, 15) is 14.7 Å². The number of ketones is 1. The van der Waals surface area contributed by atoms with Gasteiger partial charge in [0.05, 0.1) is 32.3 Å². The van der Waals surface area contributed by atoms with Crippen LogP contribution in [0.4, 0.5) is 0 Å². The summed E-state index contributed by atoms with van der Waals surface area (Å²) >= 11 is 9.36. The number of ether oxygens (including phenoxy) is 1. The molecule has 0 saturated carbocycles. The lowest BCUT2D eigenvalue weighted by Crippen LogP contribution is -3.14. The Bertz CT molecular complexity index is 1000. The molecule has 2 heterocycles. The van der Waals surface area contributed by atoms with Gasteiger partial charge >= 0.3 is 0 Å². The van der Waals surface area contributed by atoms with Gasteiger partial charge < -0.3 is 19.6 Å². The average molecular weight is 506 g/mol. The number of nitrogens with zero attached hydrogens (tertiary/aromatic N) is 1. The summed E-state index contributed by atoms with van der Waals surface area (Å²) in [7, 11) is 0. The number of nitrogens with one attached hydrogen (secondary N) is 1. The fourth-order valence-electron chi connectivity index (χ4n) is 4.04. The maximum Gasteiger partial charge on any atom is 0.295 e. The molecule has 2 saturated heterocycles. The van der Waals surface area contributed by atoms with Gasteiger partial charge in [0.2, 0.25) is 5.78 Å². The predicted molar refractivity (Wildman–Crippen MR) is 118 cm³/mol. The monoisotopic (exact) mass is 504 g/mol. The van der Waals surface area contributed by atoms with E-state index in [1.807, 2.05) is 24.3 Å². The number of halogens is 2. The zero-order valence-corrected chi connectivity index (χ0v) is 19.1. The zero-order valence-electron chi connectivity index (χ0n) is 16.8. The minimum Gasteiger partial charge on any atom is -0.872 e. The van der Waals surface area contributed by atoms with Crippen molar-refractivity contribution in [1.29, 1.82) is 0 Å². The van der Waals surface area contributed by atoms with E-state index < -0.39 is 23.5 Å². The number of benzene rings is 2. The van der Waals surface area contributed by atoms with Gasteiger partial charge in [0.25, 0.3) is 5.91 Å². The first-order valence-corrected chi connectivity index (χ1v) is 11.3. The van der Waals surface area contributed by atoms with Gasteiger partial charge in [-0.3, -0.25) is 9.59 Å². The standard InChI is InChI=1S/C23H22BrClN2O4/c24-17-5-1-15(2-6-17)20-19(21(28)16-3-7-18(25)8-4-16)22(29)23(30)27(20)10-9-26-11-13-31-14-12-26/h1-8,20,28H,9-14H2/b21-19+. The van der Waals surface area contributed by atoms with E-state index in [0.29, 0.717) is 36.9 Å². The first-order chi connectivity index (χ1) is 15.0. The molecule has 1 unspecified atom stereocenters. The van der Waals surface area contributed by atoms with E-state index in [1.54, 1.807) is 24.3 Å². The van der Waals surface area contributed by atoms with Crippen LogP contribution in [-0.4, -0.2) is 56.0 Å². The van der Waals surface area contributed by atoms with Crippen LogP contribution in [0.15, 0.2) is 58.6 Å². The Morgan fingerprint density at radius 3 is 2.39 bits per heavy atom. The first kappa shape index (κ1) is 22.0. The third-order valence-corrected chi connectivity index (χ3v) is 6.51. The molecule has 1 amide bonds. The summed E-state index contributed by atoms with van der Waals surface area (Å²) < 4.78 is 6.28. The number of amides is 1. The van der Waals surface area contributed by atoms with Crippen molar-refractivity contribution in [2.75, 3.05) is 39.4 Å². The summed E-state index contributed by atoms with van der Waals surface area (Å²) in [6, 6.07) is 13.0. The van der Waals surface area contributed by atoms with Crippen molar-refractivity contribution in [1.82, 2.24) is 4.90 Å². The SMILES string of the molecule is O=C1C(=O)N(CC[NH+]2CCOCC2)C(c2ccc(Br)cc2)/C1=C(\[O-])c1ccc(Cl)cc1. The van der Waals surface area contributed by atoms with Gasteiger partial charge in [-0.25, -0.2) is 0 Å². The Morgan fingerprint density at radius 1 is 1.10 bits per heavy atom. The molecule has 4 rings (SSSR count). The van der Waals surface area contributed by atoms with E-state index in [4.69, 9.17) is 16.3 Å². The number of rotatable bonds is 5. The summed E-state index contributed by atoms with van der Waals surface area (Å²) in [6.07, 6.45) is 0. The highest BCUT2D eigenvalue weighted by molar-refractivity contribution is 9.10. The molecule has 6 nitrogen and oxygen atoms in total. The molecule has 0 aliphatic carbocycles. The summed E-state index contributed by atoms with van der Waals surface area (Å²) in [5, 5.41) is 13.8. The molecule has 31 heavy (non-hydrogen) atoms. The quantitative estimate of drug-likeness (QED) is 0.377. The fourth-order valence-corrected chi connectivity index (χ4v) is 4.43. The van der Waals surface area contributed by atoms with Crippen molar-refractivity contribution in [3.63, 3.8) is 0 Å². The van der Waals surface area contributed by atoms with E-state index >= 15 is 0 Å². The highest BCUT2D eigenvalue weighted by atomic mass is 79.9. The topological polar surface area (TPSA) is 74.1 Å². The Morgan fingerprint density at radius 2 is 1.74 bits per heavy atom. The van der Waals surface area contributed by atoms with E-state index in [2.05, 4.69) is 15.9 Å². The number of hydrogen-bond acceptors (Lipinski definition) is 4. The molecule has 2 aliphatic rings. The third kappa shape index (κ3) is 4.70. The second-order valence-corrected chi connectivity index (χ2v) is 9.00. The van der Waals surface area contributed by atoms with E-state index in [1.165, 1.54) is 9.80 Å². The average Bonchev–Trinajstić information content (AvgIpc) is 3.04. The van der Waals surface area contributed by atoms with Gasteiger partial charge in [-0.15, -0.1) is 0 Å². The van der Waals surface area contributed by atoms with Gasteiger partial charge in [-0.2, -0.15) is 0 Å². The van der Waals surface area contributed by atoms with Gasteiger partial charge in [-0.05, 0) is 35.4 Å². The highest BCUT2D eigenvalue weighted by Crippen LogP contribution is 2.38. The van der Waals surface area contributed by atoms with Crippen LogP contribution in [0.2, 0.25) is 5.02 Å². The molecule has 162 valence electrons. The van der Waals surface area contributed by atoms with E-state index in [0.717, 1.165) is 23.1 Å². The molecule has 0 bridgehead atoms. The number of quaternary nitrogens is 1. The fraction of sp³-hybridized carbons (Fsp3) is 0.304. The number of hydrogen-bond donors (Lipinski definition) is 1. The summed E-state index contributed by atoms with van der Waals surface area (Å²) in [5.74, 6) is -1.80. The van der Waals surface area contributed by atoms with Crippen LogP contribution < -0.4 is 10.0 Å². The maximum absolute atomic E-state index is 13.3. The molecule has 0 radical (unpaired) electrons. The second-order valence-electron chi connectivity index (χ2n) is 7.64. The number of morpholine rings is 1. The van der Waals surface area contributed by atoms with Crippen molar-refractivity contribution in [3.05, 3.63) is 74.7 Å². The van der Waals surface area contributed by atoms with Gasteiger partial charge in [-0.1, -0.05) is 57.6 Å². The van der Waals surface area contributed by atoms with Gasteiger partial charge in [0, 0.05) is 15.1 Å². The number of carbonyl (C=O) groups excluding carboxylic acids is 2. The minimum atomic E-state index is -0.732. The van der Waals surface area contributed by atoms with Crippen molar-refractivity contribution in [2.24, 2.45) is 0 Å². The maximum atomic E-state index is 13.3. The van der Waals surface area contributed by atoms with Crippen LogP contribution in [0, 0.1) is 0 Å². The summed E-state index contributed by atoms with van der Waals surface area (Å²) in [5.41, 5.74) is 1.06. The van der Waals surface area contributed by atoms with Crippen LogP contribution in [0.25, 0.3) is 5.76 Å². The van der Waals surface area contributed by atoms with Crippen molar-refractivity contribution in [3.8, 4) is 0 Å². The largest absolute Gasteiger partial charge is 0.872 e. The van der Waals surface area contributed by atoms with E-state index in [-0.39, 0.29) is 5.57 Å². The third-order valence-electron chi connectivity index (χ3n) is 5.73. The van der Waals surface area contributed by atoms with Gasteiger partial charge in [0.1, 0.15) is 13.1 Å². The Hall–Kier alpha value is -2.19. The van der Waals surface area contributed by atoms with Crippen molar-refractivity contribution in [2.45, 2.75) is 6.04 Å². The van der Waals surface area contributed by atoms with Crippen LogP contribution in [-0.2, 0) is 14.3 Å². The Kier molecular flexibility index (Phi) is 6.77. The molecule has 0 spiro atoms. The number of carbonyl (C=O) groups is 2. The second kappa shape index (κ2) is 9.53. The minimum absolute atomic E-state index is 0.00776. The van der Waals surface area contributed by atoms with Gasteiger partial charge in [0.15, 0.2) is 0 Å². The molecule has 1 atom stereocenters. The highest BCUT2D eigenvalue weighted by Gasteiger charge is 2.44. The lowest BCUT2D eigenvalue weighted by molar-refractivity contribution is -0.907. The number of likely N-dealkylation sites (tertiary alicyclic amines) is 1. The number of Topliss-reactive ketones (excluding diaryl/α,β-unsaturated/α-hetero) is 1. The van der Waals surface area contributed by atoms with Crippen LogP contribution in [0.1, 0.15) is 17.2 Å².